The Kier molecular flexibility index (Phi) is 3.47. The Morgan fingerprint density at radius 3 is 3.00 bits per heavy atom. The van der Waals surface area contributed by atoms with Gasteiger partial charge in [-0.2, -0.15) is 0 Å². The van der Waals surface area contributed by atoms with Gasteiger partial charge in [0.2, 0.25) is 11.8 Å². The van der Waals surface area contributed by atoms with Crippen molar-refractivity contribution in [1.29, 1.82) is 0 Å². The summed E-state index contributed by atoms with van der Waals surface area (Å²) in [6.45, 7) is 2.12. The molecule has 2 atom stereocenters. The second-order valence-electron chi connectivity index (χ2n) is 5.27. The second-order valence-corrected chi connectivity index (χ2v) is 6.33. The molecule has 3 rings (SSSR count). The molecule has 3 N–H and O–H groups in total. The fourth-order valence-electron chi connectivity index (χ4n) is 2.84. The fraction of sp³-hybridized carbons (Fsp3) is 0.615. The van der Waals surface area contributed by atoms with Crippen molar-refractivity contribution in [2.75, 3.05) is 11.4 Å². The second kappa shape index (κ2) is 5.14. The number of carbonyl (C=O) groups excluding carboxylic acids is 2. The van der Waals surface area contributed by atoms with Crippen LogP contribution in [-0.4, -0.2) is 29.4 Å². The Balaban J connectivity index is 1.94. The molecular weight excluding hydrogens is 276 g/mol. The Hall–Kier alpha value is -1.47. The lowest BCUT2D eigenvalue weighted by Crippen LogP contribution is -2.58. The minimum Gasteiger partial charge on any atom is -0.327 e. The standard InChI is InChI=1S/C13H18N4O2S/c1-2-8-12(19)15-10(18)6-17(8)13-16-11-7(14)4-3-5-9(11)20-13/h7-8H,2-6,14H2,1H3,(H,15,18,19). The van der Waals surface area contributed by atoms with Crippen LogP contribution in [0.2, 0.25) is 0 Å². The number of aromatic nitrogens is 1. The molecule has 108 valence electrons. The topological polar surface area (TPSA) is 88.3 Å². The normalized spacial score (nSPS) is 26.4. The number of nitrogens with one attached hydrogen (secondary N) is 1. The van der Waals surface area contributed by atoms with E-state index in [1.54, 1.807) is 11.3 Å². The first-order chi connectivity index (χ1) is 9.60. The lowest BCUT2D eigenvalue weighted by Gasteiger charge is -2.33. The van der Waals surface area contributed by atoms with Gasteiger partial charge in [0.1, 0.15) is 12.6 Å². The van der Waals surface area contributed by atoms with E-state index in [0.29, 0.717) is 6.42 Å². The molecule has 1 saturated heterocycles. The van der Waals surface area contributed by atoms with Gasteiger partial charge in [-0.3, -0.25) is 14.9 Å². The van der Waals surface area contributed by atoms with Crippen molar-refractivity contribution in [3.8, 4) is 0 Å². The van der Waals surface area contributed by atoms with Crippen LogP contribution in [0.4, 0.5) is 5.13 Å². The molecule has 2 heterocycles. The first-order valence-electron chi connectivity index (χ1n) is 6.95. The number of anilines is 1. The molecular formula is C13H18N4O2S. The van der Waals surface area contributed by atoms with Gasteiger partial charge in [-0.1, -0.05) is 6.92 Å². The van der Waals surface area contributed by atoms with Crippen molar-refractivity contribution in [3.05, 3.63) is 10.6 Å². The molecule has 0 aromatic carbocycles. The van der Waals surface area contributed by atoms with Crippen molar-refractivity contribution in [1.82, 2.24) is 10.3 Å². The lowest BCUT2D eigenvalue weighted by atomic mass is 9.99. The van der Waals surface area contributed by atoms with Gasteiger partial charge in [-0.25, -0.2) is 4.98 Å². The zero-order valence-electron chi connectivity index (χ0n) is 11.4. The number of carbonyl (C=O) groups is 2. The molecule has 1 aliphatic heterocycles. The van der Waals surface area contributed by atoms with E-state index in [0.717, 1.165) is 30.1 Å². The summed E-state index contributed by atoms with van der Waals surface area (Å²) >= 11 is 1.57. The van der Waals surface area contributed by atoms with Gasteiger partial charge in [0, 0.05) is 10.9 Å². The first-order valence-corrected chi connectivity index (χ1v) is 7.77. The Morgan fingerprint density at radius 1 is 1.50 bits per heavy atom. The van der Waals surface area contributed by atoms with Crippen LogP contribution in [0.1, 0.15) is 42.8 Å². The quantitative estimate of drug-likeness (QED) is 0.785. The van der Waals surface area contributed by atoms with Crippen LogP contribution in [0.5, 0.6) is 0 Å². The van der Waals surface area contributed by atoms with E-state index >= 15 is 0 Å². The van der Waals surface area contributed by atoms with Crippen LogP contribution in [0.25, 0.3) is 0 Å². The van der Waals surface area contributed by atoms with Gasteiger partial charge in [0.15, 0.2) is 5.13 Å². The van der Waals surface area contributed by atoms with Gasteiger partial charge in [-0.15, -0.1) is 11.3 Å². The van der Waals surface area contributed by atoms with Crippen LogP contribution in [-0.2, 0) is 16.0 Å². The summed E-state index contributed by atoms with van der Waals surface area (Å²) in [5, 5.41) is 3.14. The van der Waals surface area contributed by atoms with Crippen molar-refractivity contribution in [3.63, 3.8) is 0 Å². The average Bonchev–Trinajstić information content (AvgIpc) is 2.83. The molecule has 1 aromatic rings. The monoisotopic (exact) mass is 294 g/mol. The number of thiazole rings is 1. The average molecular weight is 294 g/mol. The molecule has 0 saturated carbocycles. The molecule has 1 fully saturated rings. The van der Waals surface area contributed by atoms with Crippen LogP contribution in [0, 0.1) is 0 Å². The van der Waals surface area contributed by atoms with Gasteiger partial charge in [0.05, 0.1) is 5.69 Å². The molecule has 2 unspecified atom stereocenters. The molecule has 0 spiro atoms. The Labute approximate surface area is 121 Å². The third-order valence-electron chi connectivity index (χ3n) is 3.87. The maximum atomic E-state index is 11.9. The van der Waals surface area contributed by atoms with Crippen molar-refractivity contribution >= 4 is 28.3 Å². The summed E-state index contributed by atoms with van der Waals surface area (Å²) in [5.74, 6) is -0.501. The van der Waals surface area contributed by atoms with Gasteiger partial charge < -0.3 is 10.6 Å². The molecule has 2 amide bonds. The minimum atomic E-state index is -0.323. The first kappa shape index (κ1) is 13.5. The predicted octanol–water partition coefficient (Wildman–Crippen LogP) is 0.721. The highest BCUT2D eigenvalue weighted by molar-refractivity contribution is 7.15. The molecule has 0 bridgehead atoms. The van der Waals surface area contributed by atoms with Gasteiger partial charge >= 0.3 is 0 Å². The van der Waals surface area contributed by atoms with Crippen LogP contribution in [0.3, 0.4) is 0 Å². The largest absolute Gasteiger partial charge is 0.327 e. The van der Waals surface area contributed by atoms with Crippen LogP contribution >= 0.6 is 11.3 Å². The van der Waals surface area contributed by atoms with E-state index in [2.05, 4.69) is 10.3 Å². The van der Waals surface area contributed by atoms with E-state index in [-0.39, 0.29) is 30.4 Å². The van der Waals surface area contributed by atoms with Gasteiger partial charge in [-0.05, 0) is 25.7 Å². The van der Waals surface area contributed by atoms with E-state index in [1.165, 1.54) is 4.88 Å². The number of piperazine rings is 1. The minimum absolute atomic E-state index is 0.0156. The molecule has 1 aliphatic carbocycles. The Morgan fingerprint density at radius 2 is 2.30 bits per heavy atom. The summed E-state index contributed by atoms with van der Waals surface area (Å²) in [4.78, 5) is 31.1. The van der Waals surface area contributed by atoms with E-state index < -0.39 is 0 Å². The summed E-state index contributed by atoms with van der Waals surface area (Å²) in [5.41, 5.74) is 7.04. The number of aryl methyl sites for hydroxylation is 1. The number of fused-ring (bicyclic) bond motifs is 1. The number of hydrogen-bond donors (Lipinski definition) is 2. The highest BCUT2D eigenvalue weighted by Crippen LogP contribution is 2.36. The number of nitrogens with zero attached hydrogens (tertiary/aromatic N) is 2. The number of hydrogen-bond acceptors (Lipinski definition) is 6. The molecule has 6 nitrogen and oxygen atoms in total. The molecule has 20 heavy (non-hydrogen) atoms. The van der Waals surface area contributed by atoms with Crippen molar-refractivity contribution in [2.24, 2.45) is 5.73 Å². The number of rotatable bonds is 2. The summed E-state index contributed by atoms with van der Waals surface area (Å²) in [6, 6.07) is -0.338. The van der Waals surface area contributed by atoms with Gasteiger partial charge in [0.25, 0.3) is 0 Å². The predicted molar refractivity (Wildman–Crippen MR) is 76.6 cm³/mol. The zero-order chi connectivity index (χ0) is 14.3. The molecule has 2 aliphatic rings. The number of nitrogens with two attached hydrogens (primary N) is 1. The smallest absolute Gasteiger partial charge is 0.249 e. The van der Waals surface area contributed by atoms with Crippen LogP contribution in [0.15, 0.2) is 0 Å². The summed E-state index contributed by atoms with van der Waals surface area (Å²) in [7, 11) is 0. The summed E-state index contributed by atoms with van der Waals surface area (Å²) in [6.07, 6.45) is 3.67. The molecule has 0 radical (unpaired) electrons. The maximum Gasteiger partial charge on any atom is 0.249 e. The maximum absolute atomic E-state index is 11.9. The van der Waals surface area contributed by atoms with E-state index in [9.17, 15) is 9.59 Å². The van der Waals surface area contributed by atoms with E-state index in [1.807, 2.05) is 11.8 Å². The lowest BCUT2D eigenvalue weighted by molar-refractivity contribution is -0.132. The fourth-order valence-corrected chi connectivity index (χ4v) is 4.06. The van der Waals surface area contributed by atoms with E-state index in [4.69, 9.17) is 5.73 Å². The Bertz CT molecular complexity index is 557. The zero-order valence-corrected chi connectivity index (χ0v) is 12.2. The third-order valence-corrected chi connectivity index (χ3v) is 5.04. The molecule has 7 heteroatoms. The highest BCUT2D eigenvalue weighted by Gasteiger charge is 2.35. The van der Waals surface area contributed by atoms with Crippen molar-refractivity contribution in [2.45, 2.75) is 44.7 Å². The SMILES string of the molecule is CCC1C(=O)NC(=O)CN1c1nc2c(s1)CCCC2N. The van der Waals surface area contributed by atoms with Crippen LogP contribution < -0.4 is 16.0 Å². The number of imide groups is 1. The highest BCUT2D eigenvalue weighted by atomic mass is 32.1. The summed E-state index contributed by atoms with van der Waals surface area (Å²) < 4.78 is 0. The molecule has 1 aromatic heterocycles. The number of amides is 2. The third kappa shape index (κ3) is 2.20. The van der Waals surface area contributed by atoms with Crippen molar-refractivity contribution < 1.29 is 9.59 Å².